The van der Waals surface area contributed by atoms with Crippen molar-refractivity contribution in [3.8, 4) is 0 Å². The highest BCUT2D eigenvalue weighted by molar-refractivity contribution is 9.10. The molecule has 2 aliphatic heterocycles. The summed E-state index contributed by atoms with van der Waals surface area (Å²) in [5.41, 5.74) is 2.48. The van der Waals surface area contributed by atoms with E-state index in [-0.39, 0.29) is 23.6 Å². The van der Waals surface area contributed by atoms with Crippen molar-refractivity contribution in [1.29, 1.82) is 0 Å². The third kappa shape index (κ3) is 2.37. The monoisotopic (exact) mass is 604 g/mol. The molecule has 1 saturated carbocycles. The summed E-state index contributed by atoms with van der Waals surface area (Å²) in [6.07, 6.45) is 0. The fourth-order valence-electron chi connectivity index (χ4n) is 6.90. The lowest BCUT2D eigenvalue weighted by Gasteiger charge is -2.59. The average Bonchev–Trinajstić information content (AvgIpc) is 3.34. The Morgan fingerprint density at radius 2 is 0.750 bits per heavy atom. The van der Waals surface area contributed by atoms with E-state index in [1.54, 1.807) is 48.5 Å². The number of anilines is 2. The molecule has 3 fully saturated rings. The first-order valence-electron chi connectivity index (χ1n) is 11.7. The molecule has 2 bridgehead atoms. The summed E-state index contributed by atoms with van der Waals surface area (Å²) in [4.78, 5) is 58.7. The van der Waals surface area contributed by atoms with Crippen molar-refractivity contribution in [1.82, 2.24) is 0 Å². The number of para-hydroxylation sites is 2. The zero-order valence-corrected chi connectivity index (χ0v) is 21.8. The largest absolute Gasteiger partial charge is 0.274 e. The molecule has 8 heteroatoms. The topological polar surface area (TPSA) is 74.8 Å². The summed E-state index contributed by atoms with van der Waals surface area (Å²) in [5.74, 6) is -4.96. The standard InChI is InChI=1S/C28H18Br2N2O4/c29-27-17-13-7-8-14-18(17)28(30,20-19(27)23(33)31(24(20)34)15-9-3-1-4-10-15)22-21(27)25(35)32(26(22)36)16-11-5-2-6-12-16/h1-14,19-22H/t19-,20-,21-,22-,27?,28?/m1/s1. The Hall–Kier alpha value is -3.10. The number of alkyl halides is 2. The maximum Gasteiger partial charge on any atom is 0.239 e. The molecule has 0 aromatic heterocycles. The quantitative estimate of drug-likeness (QED) is 0.318. The van der Waals surface area contributed by atoms with E-state index in [0.717, 1.165) is 11.1 Å². The molecule has 36 heavy (non-hydrogen) atoms. The van der Waals surface area contributed by atoms with Gasteiger partial charge in [0.1, 0.15) is 0 Å². The molecule has 0 N–H and O–H groups in total. The van der Waals surface area contributed by atoms with Crippen LogP contribution >= 0.6 is 31.9 Å². The van der Waals surface area contributed by atoms with Crippen LogP contribution in [0.2, 0.25) is 0 Å². The third-order valence-electron chi connectivity index (χ3n) is 8.20. The first-order chi connectivity index (χ1) is 17.3. The van der Waals surface area contributed by atoms with Gasteiger partial charge < -0.3 is 0 Å². The molecule has 4 atom stereocenters. The van der Waals surface area contributed by atoms with Crippen molar-refractivity contribution in [3.05, 3.63) is 96.1 Å². The molecule has 0 unspecified atom stereocenters. The van der Waals surface area contributed by atoms with Crippen molar-refractivity contribution >= 4 is 66.9 Å². The van der Waals surface area contributed by atoms with Crippen LogP contribution in [0.1, 0.15) is 11.1 Å². The summed E-state index contributed by atoms with van der Waals surface area (Å²) in [6, 6.07) is 25.1. The second-order valence-electron chi connectivity index (χ2n) is 9.69. The molecular formula is C28H18Br2N2O4. The van der Waals surface area contributed by atoms with E-state index < -0.39 is 32.3 Å². The molecule has 2 heterocycles. The van der Waals surface area contributed by atoms with Gasteiger partial charge in [-0.05, 0) is 35.4 Å². The number of hydrogen-bond donors (Lipinski definition) is 0. The van der Waals surface area contributed by atoms with E-state index in [4.69, 9.17) is 0 Å². The van der Waals surface area contributed by atoms with Crippen LogP contribution in [0.5, 0.6) is 0 Å². The van der Waals surface area contributed by atoms with Crippen LogP contribution in [0.4, 0.5) is 11.4 Å². The minimum atomic E-state index is -1.22. The number of carbonyl (C=O) groups is 4. The number of carbonyl (C=O) groups excluding carboxylic acids is 4. The summed E-state index contributed by atoms with van der Waals surface area (Å²) in [7, 11) is 0. The lowest BCUT2D eigenvalue weighted by Crippen LogP contribution is -2.65. The molecule has 178 valence electrons. The Bertz CT molecular complexity index is 1340. The van der Waals surface area contributed by atoms with Crippen molar-refractivity contribution in [2.75, 3.05) is 9.80 Å². The molecule has 8 rings (SSSR count). The predicted octanol–water partition coefficient (Wildman–Crippen LogP) is 4.51. The zero-order valence-electron chi connectivity index (χ0n) is 18.7. The lowest BCUT2D eigenvalue weighted by molar-refractivity contribution is -0.137. The lowest BCUT2D eigenvalue weighted by atomic mass is 9.49. The van der Waals surface area contributed by atoms with E-state index in [2.05, 4.69) is 31.9 Å². The van der Waals surface area contributed by atoms with Gasteiger partial charge in [-0.1, -0.05) is 92.5 Å². The van der Waals surface area contributed by atoms with Crippen LogP contribution in [-0.4, -0.2) is 23.6 Å². The Balaban J connectivity index is 1.49. The van der Waals surface area contributed by atoms with Crippen molar-refractivity contribution in [2.45, 2.75) is 8.65 Å². The number of imide groups is 2. The average molecular weight is 606 g/mol. The highest BCUT2D eigenvalue weighted by atomic mass is 79.9. The van der Waals surface area contributed by atoms with E-state index in [1.807, 2.05) is 36.4 Å². The van der Waals surface area contributed by atoms with Gasteiger partial charge in [0, 0.05) is 0 Å². The zero-order chi connectivity index (χ0) is 25.0. The maximum absolute atomic E-state index is 14.1. The van der Waals surface area contributed by atoms with E-state index >= 15 is 0 Å². The molecule has 5 aliphatic rings. The van der Waals surface area contributed by atoms with Gasteiger partial charge in [-0.25, -0.2) is 9.80 Å². The molecule has 0 spiro atoms. The Morgan fingerprint density at radius 3 is 1.06 bits per heavy atom. The van der Waals surface area contributed by atoms with Crippen LogP contribution in [0, 0.1) is 23.7 Å². The summed E-state index contributed by atoms with van der Waals surface area (Å²) in [6.45, 7) is 0. The van der Waals surface area contributed by atoms with Gasteiger partial charge in [0.25, 0.3) is 0 Å². The number of nitrogens with zero attached hydrogens (tertiary/aromatic N) is 2. The van der Waals surface area contributed by atoms with Crippen molar-refractivity contribution in [2.24, 2.45) is 23.7 Å². The first-order valence-corrected chi connectivity index (χ1v) is 13.2. The normalized spacial score (nSPS) is 34.2. The molecular weight excluding hydrogens is 588 g/mol. The summed E-state index contributed by atoms with van der Waals surface area (Å²) < 4.78 is -2.44. The highest BCUT2D eigenvalue weighted by Gasteiger charge is 2.81. The molecule has 3 aliphatic carbocycles. The maximum atomic E-state index is 14.1. The smallest absolute Gasteiger partial charge is 0.239 e. The van der Waals surface area contributed by atoms with Crippen molar-refractivity contribution < 1.29 is 19.2 Å². The number of halogens is 2. The van der Waals surface area contributed by atoms with Crippen LogP contribution < -0.4 is 9.80 Å². The molecule has 0 radical (unpaired) electrons. The Labute approximate surface area is 223 Å². The minimum absolute atomic E-state index is 0.372. The Kier molecular flexibility index (Phi) is 4.44. The van der Waals surface area contributed by atoms with Crippen LogP contribution in [0.25, 0.3) is 0 Å². The van der Waals surface area contributed by atoms with Crippen LogP contribution in [-0.2, 0) is 27.8 Å². The second-order valence-corrected chi connectivity index (χ2v) is 12.3. The number of benzene rings is 3. The molecule has 4 amide bonds. The number of hydrogen-bond acceptors (Lipinski definition) is 4. The fraction of sp³-hybridized carbons (Fsp3) is 0.214. The highest BCUT2D eigenvalue weighted by Crippen LogP contribution is 2.74. The molecule has 2 saturated heterocycles. The van der Waals surface area contributed by atoms with E-state index in [1.165, 1.54) is 9.80 Å². The molecule has 3 aromatic carbocycles. The van der Waals surface area contributed by atoms with E-state index in [0.29, 0.717) is 11.4 Å². The van der Waals surface area contributed by atoms with Gasteiger partial charge in [0.2, 0.25) is 23.6 Å². The Morgan fingerprint density at radius 1 is 0.472 bits per heavy atom. The molecule has 6 nitrogen and oxygen atoms in total. The van der Waals surface area contributed by atoms with Crippen LogP contribution in [0.3, 0.4) is 0 Å². The van der Waals surface area contributed by atoms with Gasteiger partial charge in [0.05, 0.1) is 43.7 Å². The van der Waals surface area contributed by atoms with Crippen molar-refractivity contribution in [3.63, 3.8) is 0 Å². The second kappa shape index (κ2) is 7.23. The molecule has 3 aromatic rings. The summed E-state index contributed by atoms with van der Waals surface area (Å²) in [5, 5.41) is 0. The summed E-state index contributed by atoms with van der Waals surface area (Å²) >= 11 is 7.77. The van der Waals surface area contributed by atoms with Gasteiger partial charge in [0.15, 0.2) is 0 Å². The van der Waals surface area contributed by atoms with Gasteiger partial charge in [-0.2, -0.15) is 0 Å². The van der Waals surface area contributed by atoms with Gasteiger partial charge in [-0.3, -0.25) is 19.2 Å². The number of amides is 4. The fourth-order valence-corrected chi connectivity index (χ4v) is 9.44. The number of rotatable bonds is 2. The van der Waals surface area contributed by atoms with Gasteiger partial charge >= 0.3 is 0 Å². The first kappa shape index (κ1) is 22.1. The predicted molar refractivity (Wildman–Crippen MR) is 139 cm³/mol. The SMILES string of the molecule is O=C1[C@H]2[C@H](C(=O)N1c1ccccc1)C1(Br)c3ccccc3C2(Br)[C@H]2C(=O)N(c3ccccc3)C(=O)[C@@H]21. The van der Waals surface area contributed by atoms with Crippen LogP contribution in [0.15, 0.2) is 84.9 Å². The third-order valence-corrected chi connectivity index (χ3v) is 11.0. The van der Waals surface area contributed by atoms with Gasteiger partial charge in [-0.15, -0.1) is 0 Å². The minimum Gasteiger partial charge on any atom is -0.274 e. The van der Waals surface area contributed by atoms with E-state index in [9.17, 15) is 19.2 Å².